The van der Waals surface area contributed by atoms with Gasteiger partial charge in [-0.1, -0.05) is 0 Å². The van der Waals surface area contributed by atoms with Crippen LogP contribution in [-0.2, 0) is 13.0 Å². The van der Waals surface area contributed by atoms with Crippen LogP contribution in [0, 0.1) is 0 Å². The van der Waals surface area contributed by atoms with Crippen molar-refractivity contribution in [2.45, 2.75) is 13.0 Å². The van der Waals surface area contributed by atoms with Crippen LogP contribution in [0.3, 0.4) is 0 Å². The van der Waals surface area contributed by atoms with E-state index in [1.807, 2.05) is 25.1 Å². The second-order valence-corrected chi connectivity index (χ2v) is 7.51. The zero-order valence-electron chi connectivity index (χ0n) is 16.6. The average molecular weight is 358 g/mol. The van der Waals surface area contributed by atoms with Gasteiger partial charge in [-0.15, -0.1) is 0 Å². The number of hydrogen-bond acceptors (Lipinski definition) is 4. The molecule has 6 heteroatoms. The Morgan fingerprint density at radius 3 is 2.42 bits per heavy atom. The maximum atomic E-state index is 13.3. The fourth-order valence-electron chi connectivity index (χ4n) is 3.59. The quantitative estimate of drug-likeness (QED) is 0.756. The zero-order chi connectivity index (χ0) is 18.8. The number of nitrogens with zero attached hydrogens (tertiary/aromatic N) is 4. The smallest absolute Gasteiger partial charge is 0.270 e. The largest absolute Gasteiger partial charge is 0.497 e. The molecule has 0 fully saturated rings. The summed E-state index contributed by atoms with van der Waals surface area (Å²) >= 11 is 0. The number of hydrogen-bond donors (Lipinski definition) is 0. The molecular formula is C20H30N4O2. The van der Waals surface area contributed by atoms with E-state index in [2.05, 4.69) is 40.6 Å². The van der Waals surface area contributed by atoms with Crippen molar-refractivity contribution in [3.8, 4) is 5.75 Å². The summed E-state index contributed by atoms with van der Waals surface area (Å²) in [5, 5.41) is 1.15. The second-order valence-electron chi connectivity index (χ2n) is 7.51. The summed E-state index contributed by atoms with van der Waals surface area (Å²) in [6, 6.07) is 6.14. The molecule has 0 aliphatic carbocycles. The molecule has 6 nitrogen and oxygen atoms in total. The maximum absolute atomic E-state index is 13.3. The lowest BCUT2D eigenvalue weighted by atomic mass is 10.0. The van der Waals surface area contributed by atoms with Gasteiger partial charge in [-0.05, 0) is 58.4 Å². The Hall–Kier alpha value is -2.05. The van der Waals surface area contributed by atoms with Crippen LogP contribution in [0.25, 0.3) is 10.9 Å². The van der Waals surface area contributed by atoms with Crippen LogP contribution in [0.1, 0.15) is 16.1 Å². The third kappa shape index (κ3) is 3.57. The molecule has 1 aromatic heterocycles. The molecule has 142 valence electrons. The van der Waals surface area contributed by atoms with Crippen molar-refractivity contribution in [1.29, 1.82) is 0 Å². The molecule has 0 atom stereocenters. The molecule has 2 heterocycles. The van der Waals surface area contributed by atoms with E-state index in [1.54, 1.807) is 7.11 Å². The lowest BCUT2D eigenvalue weighted by Gasteiger charge is -2.29. The lowest BCUT2D eigenvalue weighted by Crippen LogP contribution is -2.42. The van der Waals surface area contributed by atoms with Gasteiger partial charge in [-0.2, -0.15) is 0 Å². The van der Waals surface area contributed by atoms with Crippen LogP contribution >= 0.6 is 0 Å². The van der Waals surface area contributed by atoms with E-state index >= 15 is 0 Å². The first-order valence-electron chi connectivity index (χ1n) is 9.20. The summed E-state index contributed by atoms with van der Waals surface area (Å²) in [7, 11) is 9.89. The summed E-state index contributed by atoms with van der Waals surface area (Å²) in [6.07, 6.45) is 0.896. The Morgan fingerprint density at radius 2 is 1.77 bits per heavy atom. The van der Waals surface area contributed by atoms with Crippen LogP contribution in [-0.4, -0.2) is 86.7 Å². The second kappa shape index (κ2) is 7.68. The summed E-state index contributed by atoms with van der Waals surface area (Å²) in [5.74, 6) is 0.995. The standard InChI is InChI=1S/C20H30N4O2/c1-21(2)10-12-23-9-8-16-17-14-15(26-5)6-7-18(17)24(13-11-22(3)4)19(16)20(23)25/h6-7,14H,8-13H2,1-5H3. The van der Waals surface area contributed by atoms with E-state index in [4.69, 9.17) is 4.74 Å². The topological polar surface area (TPSA) is 41.0 Å². The highest BCUT2D eigenvalue weighted by atomic mass is 16.5. The predicted octanol–water partition coefficient (Wildman–Crippen LogP) is 1.77. The Bertz CT molecular complexity index is 795. The molecule has 0 radical (unpaired) electrons. The van der Waals surface area contributed by atoms with Gasteiger partial charge in [0.2, 0.25) is 0 Å². The Balaban J connectivity index is 2.04. The zero-order valence-corrected chi connectivity index (χ0v) is 16.6. The molecule has 1 aliphatic rings. The highest BCUT2D eigenvalue weighted by Gasteiger charge is 2.30. The van der Waals surface area contributed by atoms with Crippen molar-refractivity contribution in [2.75, 3.05) is 61.5 Å². The van der Waals surface area contributed by atoms with Gasteiger partial charge < -0.3 is 24.0 Å². The molecule has 0 spiro atoms. The van der Waals surface area contributed by atoms with Gasteiger partial charge in [0.05, 0.1) is 7.11 Å². The Kier molecular flexibility index (Phi) is 5.53. The summed E-state index contributed by atoms with van der Waals surface area (Å²) in [6.45, 7) is 4.13. The molecule has 1 aromatic carbocycles. The molecule has 0 saturated carbocycles. The van der Waals surface area contributed by atoms with Gasteiger partial charge in [0.15, 0.2) is 0 Å². The average Bonchev–Trinajstić information content (AvgIpc) is 2.92. The third-order valence-corrected chi connectivity index (χ3v) is 5.08. The van der Waals surface area contributed by atoms with Gasteiger partial charge >= 0.3 is 0 Å². The summed E-state index contributed by atoms with van der Waals surface area (Å²) < 4.78 is 7.62. The minimum absolute atomic E-state index is 0.155. The fourth-order valence-corrected chi connectivity index (χ4v) is 3.59. The minimum Gasteiger partial charge on any atom is -0.497 e. The van der Waals surface area contributed by atoms with Gasteiger partial charge in [0.1, 0.15) is 11.4 Å². The van der Waals surface area contributed by atoms with Gasteiger partial charge in [-0.3, -0.25) is 4.79 Å². The van der Waals surface area contributed by atoms with Crippen molar-refractivity contribution >= 4 is 16.8 Å². The van der Waals surface area contributed by atoms with Gasteiger partial charge in [0, 0.05) is 43.6 Å². The lowest BCUT2D eigenvalue weighted by molar-refractivity contribution is 0.0717. The number of ether oxygens (including phenoxy) is 1. The number of carbonyl (C=O) groups excluding carboxylic acids is 1. The van der Waals surface area contributed by atoms with E-state index in [0.717, 1.165) is 61.5 Å². The number of amides is 1. The number of benzene rings is 1. The number of rotatable bonds is 7. The first-order chi connectivity index (χ1) is 12.4. The summed E-state index contributed by atoms with van der Waals surface area (Å²) in [5.41, 5.74) is 3.16. The number of likely N-dealkylation sites (N-methyl/N-ethyl adjacent to an activating group) is 2. The van der Waals surface area contributed by atoms with Crippen molar-refractivity contribution in [3.63, 3.8) is 0 Å². The van der Waals surface area contributed by atoms with E-state index in [1.165, 1.54) is 5.56 Å². The molecule has 2 aromatic rings. The molecule has 1 aliphatic heterocycles. The van der Waals surface area contributed by atoms with Crippen molar-refractivity contribution in [1.82, 2.24) is 19.3 Å². The van der Waals surface area contributed by atoms with Gasteiger partial charge in [-0.25, -0.2) is 0 Å². The third-order valence-electron chi connectivity index (χ3n) is 5.08. The highest BCUT2D eigenvalue weighted by Crippen LogP contribution is 2.33. The monoisotopic (exact) mass is 358 g/mol. The Morgan fingerprint density at radius 1 is 1.08 bits per heavy atom. The van der Waals surface area contributed by atoms with Crippen molar-refractivity contribution < 1.29 is 9.53 Å². The molecular weight excluding hydrogens is 328 g/mol. The van der Waals surface area contributed by atoms with Crippen LogP contribution in [0.5, 0.6) is 5.75 Å². The SMILES string of the molecule is COc1ccc2c(c1)c1c(n2CCN(C)C)C(=O)N(CCN(C)C)CC1. The number of aromatic nitrogens is 1. The van der Waals surface area contributed by atoms with Crippen molar-refractivity contribution in [3.05, 3.63) is 29.5 Å². The van der Waals surface area contributed by atoms with E-state index in [-0.39, 0.29) is 5.91 Å². The molecule has 26 heavy (non-hydrogen) atoms. The first-order valence-corrected chi connectivity index (χ1v) is 9.20. The minimum atomic E-state index is 0.155. The maximum Gasteiger partial charge on any atom is 0.270 e. The molecule has 3 rings (SSSR count). The van der Waals surface area contributed by atoms with E-state index in [0.29, 0.717) is 0 Å². The molecule has 0 N–H and O–H groups in total. The molecule has 1 amide bonds. The van der Waals surface area contributed by atoms with Crippen LogP contribution < -0.4 is 4.74 Å². The summed E-state index contributed by atoms with van der Waals surface area (Å²) in [4.78, 5) is 19.5. The number of carbonyl (C=O) groups is 1. The fraction of sp³-hybridized carbons (Fsp3) is 0.550. The predicted molar refractivity (Wildman–Crippen MR) is 105 cm³/mol. The van der Waals surface area contributed by atoms with E-state index < -0.39 is 0 Å². The highest BCUT2D eigenvalue weighted by molar-refractivity contribution is 6.03. The number of methoxy groups -OCH3 is 1. The van der Waals surface area contributed by atoms with Crippen molar-refractivity contribution in [2.24, 2.45) is 0 Å². The van der Waals surface area contributed by atoms with E-state index in [9.17, 15) is 4.79 Å². The van der Waals surface area contributed by atoms with Crippen LogP contribution in [0.15, 0.2) is 18.2 Å². The normalized spacial score (nSPS) is 14.6. The Labute approximate surface area is 155 Å². The van der Waals surface area contributed by atoms with Crippen LogP contribution in [0.2, 0.25) is 0 Å². The molecule has 0 unspecified atom stereocenters. The first kappa shape index (κ1) is 18.7. The number of fused-ring (bicyclic) bond motifs is 3. The molecule has 0 bridgehead atoms. The van der Waals surface area contributed by atoms with Gasteiger partial charge in [0.25, 0.3) is 5.91 Å². The van der Waals surface area contributed by atoms with Crippen LogP contribution in [0.4, 0.5) is 0 Å². The molecule has 0 saturated heterocycles.